The first-order valence-corrected chi connectivity index (χ1v) is 11.2. The minimum absolute atomic E-state index is 0.126. The number of hydrogen-bond acceptors (Lipinski definition) is 4. The largest absolute Gasteiger partial charge is 0.495 e. The van der Waals surface area contributed by atoms with Crippen molar-refractivity contribution in [1.82, 2.24) is 10.2 Å². The Morgan fingerprint density at radius 1 is 1.12 bits per heavy atom. The lowest BCUT2D eigenvalue weighted by atomic mass is 10.1. The molecule has 32 heavy (non-hydrogen) atoms. The van der Waals surface area contributed by atoms with Gasteiger partial charge in [-0.25, -0.2) is 4.99 Å². The van der Waals surface area contributed by atoms with Crippen molar-refractivity contribution < 1.29 is 9.53 Å². The van der Waals surface area contributed by atoms with Gasteiger partial charge in [0.1, 0.15) is 5.75 Å². The van der Waals surface area contributed by atoms with Gasteiger partial charge in [-0.3, -0.25) is 4.79 Å². The molecular weight excluding hydrogens is 402 g/mol. The molecule has 7 heteroatoms. The topological polar surface area (TPSA) is 69.2 Å². The average molecular weight is 438 g/mol. The molecule has 0 radical (unpaired) electrons. The second kappa shape index (κ2) is 10.9. The molecule has 1 saturated heterocycles. The van der Waals surface area contributed by atoms with Crippen molar-refractivity contribution in [2.75, 3.05) is 50.1 Å². The van der Waals surface area contributed by atoms with E-state index in [0.717, 1.165) is 44.2 Å². The zero-order chi connectivity index (χ0) is 23.1. The van der Waals surface area contributed by atoms with Crippen LogP contribution in [0.2, 0.25) is 0 Å². The second-order valence-electron chi connectivity index (χ2n) is 8.08. The fourth-order valence-corrected chi connectivity index (χ4v) is 3.97. The van der Waals surface area contributed by atoms with Gasteiger partial charge in [0.15, 0.2) is 5.96 Å². The van der Waals surface area contributed by atoms with Gasteiger partial charge >= 0.3 is 0 Å². The lowest BCUT2D eigenvalue weighted by Crippen LogP contribution is -2.52. The summed E-state index contributed by atoms with van der Waals surface area (Å²) in [6.07, 6.45) is 0. The van der Waals surface area contributed by atoms with Crippen molar-refractivity contribution in [3.63, 3.8) is 0 Å². The number of nitrogens with one attached hydrogen (secondary N) is 2. The summed E-state index contributed by atoms with van der Waals surface area (Å²) in [5, 5.41) is 6.26. The van der Waals surface area contributed by atoms with Crippen LogP contribution in [0, 0.1) is 13.8 Å². The van der Waals surface area contributed by atoms with E-state index in [1.165, 1.54) is 23.7 Å². The maximum atomic E-state index is 11.5. The number of aliphatic imine (C=N–C) groups is 1. The van der Waals surface area contributed by atoms with Crippen molar-refractivity contribution in [2.24, 2.45) is 4.99 Å². The molecule has 1 heterocycles. The molecule has 0 bridgehead atoms. The molecular formula is C25H35N5O2. The van der Waals surface area contributed by atoms with Crippen molar-refractivity contribution in [1.29, 1.82) is 0 Å². The summed E-state index contributed by atoms with van der Waals surface area (Å²) in [6, 6.07) is 12.3. The molecule has 0 atom stereocenters. The van der Waals surface area contributed by atoms with Crippen molar-refractivity contribution in [2.45, 2.75) is 34.2 Å². The Morgan fingerprint density at radius 2 is 1.88 bits per heavy atom. The van der Waals surface area contributed by atoms with E-state index in [2.05, 4.69) is 59.4 Å². The Hall–Kier alpha value is -3.22. The van der Waals surface area contributed by atoms with Gasteiger partial charge < -0.3 is 25.2 Å². The van der Waals surface area contributed by atoms with Crippen molar-refractivity contribution in [3.05, 3.63) is 53.1 Å². The zero-order valence-corrected chi connectivity index (χ0v) is 19.9. The molecule has 2 N–H and O–H groups in total. The fraction of sp³-hybridized carbons (Fsp3) is 0.440. The molecule has 2 aromatic rings. The minimum atomic E-state index is -0.126. The molecule has 0 unspecified atom stereocenters. The summed E-state index contributed by atoms with van der Waals surface area (Å²) in [4.78, 5) is 21.2. The first kappa shape index (κ1) is 23.4. The quantitative estimate of drug-likeness (QED) is 0.534. The molecule has 0 spiro atoms. The molecule has 172 valence electrons. The van der Waals surface area contributed by atoms with Crippen LogP contribution < -0.4 is 20.3 Å². The van der Waals surface area contributed by atoms with E-state index in [-0.39, 0.29) is 5.91 Å². The summed E-state index contributed by atoms with van der Waals surface area (Å²) in [5.41, 5.74) is 5.70. The third kappa shape index (κ3) is 5.72. The number of amides is 1. The number of benzene rings is 2. The zero-order valence-electron chi connectivity index (χ0n) is 19.9. The van der Waals surface area contributed by atoms with Crippen LogP contribution in [-0.2, 0) is 11.3 Å². The third-order valence-corrected chi connectivity index (χ3v) is 5.82. The number of rotatable bonds is 6. The lowest BCUT2D eigenvalue weighted by molar-refractivity contribution is -0.114. The van der Waals surface area contributed by atoms with Crippen LogP contribution in [0.3, 0.4) is 0 Å². The van der Waals surface area contributed by atoms with E-state index in [1.807, 2.05) is 18.2 Å². The first-order chi connectivity index (χ1) is 15.4. The molecule has 1 aliphatic heterocycles. The summed E-state index contributed by atoms with van der Waals surface area (Å²) in [7, 11) is 1.60. The maximum Gasteiger partial charge on any atom is 0.221 e. The number of nitrogens with zero attached hydrogens (tertiary/aromatic N) is 3. The fourth-order valence-electron chi connectivity index (χ4n) is 3.97. The first-order valence-electron chi connectivity index (χ1n) is 11.2. The molecule has 1 fully saturated rings. The van der Waals surface area contributed by atoms with E-state index in [9.17, 15) is 4.79 Å². The Balaban J connectivity index is 1.69. The van der Waals surface area contributed by atoms with Gasteiger partial charge in [0, 0.05) is 45.3 Å². The van der Waals surface area contributed by atoms with E-state index in [1.54, 1.807) is 7.11 Å². The third-order valence-electron chi connectivity index (χ3n) is 5.82. The van der Waals surface area contributed by atoms with E-state index in [4.69, 9.17) is 9.73 Å². The van der Waals surface area contributed by atoms with Crippen LogP contribution in [0.15, 0.2) is 41.4 Å². The van der Waals surface area contributed by atoms with Gasteiger partial charge in [-0.1, -0.05) is 18.2 Å². The highest BCUT2D eigenvalue weighted by molar-refractivity contribution is 5.90. The van der Waals surface area contributed by atoms with Gasteiger partial charge in [0.25, 0.3) is 0 Å². The summed E-state index contributed by atoms with van der Waals surface area (Å²) in [6.45, 7) is 13.0. The van der Waals surface area contributed by atoms with Crippen LogP contribution in [-0.4, -0.2) is 56.6 Å². The predicted molar refractivity (Wildman–Crippen MR) is 132 cm³/mol. The lowest BCUT2D eigenvalue weighted by Gasteiger charge is -2.38. The van der Waals surface area contributed by atoms with Gasteiger partial charge in [0.05, 0.1) is 19.3 Å². The highest BCUT2D eigenvalue weighted by atomic mass is 16.5. The molecule has 7 nitrogen and oxygen atoms in total. The van der Waals surface area contributed by atoms with Gasteiger partial charge in [-0.05, 0) is 55.7 Å². The number of aryl methyl sites for hydroxylation is 1. The smallest absolute Gasteiger partial charge is 0.221 e. The molecule has 0 aromatic heterocycles. The Labute approximate surface area is 191 Å². The number of guanidine groups is 1. The van der Waals surface area contributed by atoms with Gasteiger partial charge in [-0.2, -0.15) is 0 Å². The number of carbonyl (C=O) groups is 1. The maximum absolute atomic E-state index is 11.5. The average Bonchev–Trinajstić information content (AvgIpc) is 2.78. The highest BCUT2D eigenvalue weighted by Crippen LogP contribution is 2.26. The monoisotopic (exact) mass is 437 g/mol. The number of ether oxygens (including phenoxy) is 1. The van der Waals surface area contributed by atoms with Gasteiger partial charge in [-0.15, -0.1) is 0 Å². The number of anilines is 2. The highest BCUT2D eigenvalue weighted by Gasteiger charge is 2.21. The van der Waals surface area contributed by atoms with Crippen molar-refractivity contribution >= 4 is 23.2 Å². The summed E-state index contributed by atoms with van der Waals surface area (Å²) < 4.78 is 5.35. The standard InChI is InChI=1S/C25H35N5O2/c1-6-26-25(27-17-21-10-11-24(32-5)22(16-21)28-20(4)31)30-14-12-29(13-15-30)23-9-7-8-18(2)19(23)3/h7-11,16H,6,12-15,17H2,1-5H3,(H,26,27)(H,28,31). The van der Waals surface area contributed by atoms with Crippen LogP contribution in [0.4, 0.5) is 11.4 Å². The van der Waals surface area contributed by atoms with Crippen LogP contribution in [0.5, 0.6) is 5.75 Å². The predicted octanol–water partition coefficient (Wildman–Crippen LogP) is 3.56. The number of hydrogen-bond donors (Lipinski definition) is 2. The van der Waals surface area contributed by atoms with Crippen LogP contribution >= 0.6 is 0 Å². The van der Waals surface area contributed by atoms with Crippen LogP contribution in [0.1, 0.15) is 30.5 Å². The molecule has 0 aliphatic carbocycles. The SMILES string of the molecule is CCNC(=NCc1ccc(OC)c(NC(C)=O)c1)N1CCN(c2cccc(C)c2C)CC1. The number of piperazine rings is 1. The van der Waals surface area contributed by atoms with Crippen LogP contribution in [0.25, 0.3) is 0 Å². The summed E-state index contributed by atoms with van der Waals surface area (Å²) >= 11 is 0. The molecule has 1 aliphatic rings. The van der Waals surface area contributed by atoms with E-state index in [0.29, 0.717) is 18.0 Å². The number of methoxy groups -OCH3 is 1. The summed E-state index contributed by atoms with van der Waals surface area (Å²) in [5.74, 6) is 1.44. The second-order valence-corrected chi connectivity index (χ2v) is 8.08. The number of carbonyl (C=O) groups excluding carboxylic acids is 1. The minimum Gasteiger partial charge on any atom is -0.495 e. The Morgan fingerprint density at radius 3 is 2.53 bits per heavy atom. The Bertz CT molecular complexity index is 965. The molecule has 3 rings (SSSR count). The molecule has 0 saturated carbocycles. The molecule has 1 amide bonds. The molecule has 2 aromatic carbocycles. The van der Waals surface area contributed by atoms with Gasteiger partial charge in [0.2, 0.25) is 5.91 Å². The van der Waals surface area contributed by atoms with Crippen molar-refractivity contribution in [3.8, 4) is 5.75 Å². The van der Waals surface area contributed by atoms with E-state index < -0.39 is 0 Å². The van der Waals surface area contributed by atoms with E-state index >= 15 is 0 Å². The normalized spacial score (nSPS) is 14.3. The Kier molecular flexibility index (Phi) is 7.98.